The van der Waals surface area contributed by atoms with Crippen LogP contribution in [0.3, 0.4) is 0 Å². The first-order chi connectivity index (χ1) is 9.69. The van der Waals surface area contributed by atoms with Gasteiger partial charge < -0.3 is 15.3 Å². The van der Waals surface area contributed by atoms with Crippen molar-refractivity contribution in [2.24, 2.45) is 0 Å². The Morgan fingerprint density at radius 1 is 1.35 bits per heavy atom. The summed E-state index contributed by atoms with van der Waals surface area (Å²) in [6, 6.07) is 5.73. The SMILES string of the molecule is Cc1cc(C#CCCO)cc(NC(=O)N2CCCC2)c1. The lowest BCUT2D eigenvalue weighted by Gasteiger charge is -2.16. The zero-order chi connectivity index (χ0) is 14.4. The number of nitrogens with one attached hydrogen (secondary N) is 1. The molecule has 0 aromatic heterocycles. The van der Waals surface area contributed by atoms with Gasteiger partial charge in [-0.3, -0.25) is 0 Å². The van der Waals surface area contributed by atoms with Crippen LogP contribution in [0.2, 0.25) is 0 Å². The molecule has 20 heavy (non-hydrogen) atoms. The van der Waals surface area contributed by atoms with E-state index >= 15 is 0 Å². The molecule has 1 fully saturated rings. The van der Waals surface area contributed by atoms with Gasteiger partial charge in [0.2, 0.25) is 0 Å². The summed E-state index contributed by atoms with van der Waals surface area (Å²) in [5.41, 5.74) is 2.68. The van der Waals surface area contributed by atoms with Crippen molar-refractivity contribution < 1.29 is 9.90 Å². The number of urea groups is 1. The van der Waals surface area contributed by atoms with Gasteiger partial charge in [0, 0.05) is 30.8 Å². The lowest BCUT2D eigenvalue weighted by molar-refractivity contribution is 0.222. The minimum atomic E-state index is -0.0395. The average Bonchev–Trinajstić information content (AvgIpc) is 2.92. The number of carbonyl (C=O) groups is 1. The average molecular weight is 272 g/mol. The number of nitrogens with zero attached hydrogens (tertiary/aromatic N) is 1. The Morgan fingerprint density at radius 2 is 2.10 bits per heavy atom. The fraction of sp³-hybridized carbons (Fsp3) is 0.438. The standard InChI is InChI=1S/C16H20N2O2/c1-13-10-14(6-2-5-9-19)12-15(11-13)17-16(20)18-7-3-4-8-18/h10-12,19H,3-5,7-9H2,1H3,(H,17,20). The first-order valence-electron chi connectivity index (χ1n) is 6.96. The number of anilines is 1. The second kappa shape index (κ2) is 6.97. The predicted octanol–water partition coefficient (Wildman–Crippen LogP) is 2.36. The van der Waals surface area contributed by atoms with Crippen LogP contribution in [0.1, 0.15) is 30.4 Å². The van der Waals surface area contributed by atoms with Gasteiger partial charge in [-0.25, -0.2) is 4.79 Å². The maximum absolute atomic E-state index is 12.0. The van der Waals surface area contributed by atoms with Crippen LogP contribution in [-0.2, 0) is 0 Å². The molecule has 1 aromatic rings. The first kappa shape index (κ1) is 14.4. The Bertz CT molecular complexity index is 537. The van der Waals surface area contributed by atoms with Crippen molar-refractivity contribution in [2.75, 3.05) is 25.0 Å². The third-order valence-electron chi connectivity index (χ3n) is 3.19. The van der Waals surface area contributed by atoms with Crippen LogP contribution >= 0.6 is 0 Å². The molecule has 0 saturated carbocycles. The summed E-state index contributed by atoms with van der Waals surface area (Å²) in [7, 11) is 0. The van der Waals surface area contributed by atoms with E-state index in [-0.39, 0.29) is 12.6 Å². The van der Waals surface area contributed by atoms with E-state index in [2.05, 4.69) is 17.2 Å². The minimum absolute atomic E-state index is 0.0395. The molecule has 106 valence electrons. The maximum Gasteiger partial charge on any atom is 0.321 e. The molecule has 1 aliphatic heterocycles. The number of aliphatic hydroxyl groups is 1. The molecule has 1 heterocycles. The van der Waals surface area contributed by atoms with E-state index in [1.54, 1.807) is 0 Å². The van der Waals surface area contributed by atoms with E-state index in [1.807, 2.05) is 30.0 Å². The summed E-state index contributed by atoms with van der Waals surface area (Å²) in [5, 5.41) is 11.7. The predicted molar refractivity (Wildman–Crippen MR) is 79.6 cm³/mol. The maximum atomic E-state index is 12.0. The van der Waals surface area contributed by atoms with E-state index in [4.69, 9.17) is 5.11 Å². The Balaban J connectivity index is 2.07. The van der Waals surface area contributed by atoms with Crippen LogP contribution < -0.4 is 5.32 Å². The number of hydrogen-bond acceptors (Lipinski definition) is 2. The van der Waals surface area contributed by atoms with Crippen LogP contribution in [-0.4, -0.2) is 35.7 Å². The molecule has 0 bridgehead atoms. The molecule has 0 unspecified atom stereocenters. The molecule has 0 radical (unpaired) electrons. The monoisotopic (exact) mass is 272 g/mol. The molecule has 2 amide bonds. The third kappa shape index (κ3) is 4.01. The molecular weight excluding hydrogens is 252 g/mol. The molecule has 0 atom stereocenters. The fourth-order valence-corrected chi connectivity index (χ4v) is 2.27. The second-order valence-corrected chi connectivity index (χ2v) is 4.99. The molecule has 2 N–H and O–H groups in total. The number of aryl methyl sites for hydroxylation is 1. The van der Waals surface area contributed by atoms with Crippen LogP contribution in [0.5, 0.6) is 0 Å². The largest absolute Gasteiger partial charge is 0.395 e. The second-order valence-electron chi connectivity index (χ2n) is 4.99. The lowest BCUT2D eigenvalue weighted by atomic mass is 10.1. The molecule has 1 saturated heterocycles. The van der Waals surface area contributed by atoms with E-state index < -0.39 is 0 Å². The number of benzene rings is 1. The van der Waals surface area contributed by atoms with Gasteiger partial charge in [0.1, 0.15) is 0 Å². The Kier molecular flexibility index (Phi) is 5.03. The zero-order valence-corrected chi connectivity index (χ0v) is 11.8. The van der Waals surface area contributed by atoms with Crippen LogP contribution in [0.15, 0.2) is 18.2 Å². The highest BCUT2D eigenvalue weighted by atomic mass is 16.2. The number of rotatable bonds is 2. The molecule has 1 aliphatic rings. The Morgan fingerprint density at radius 3 is 2.80 bits per heavy atom. The smallest absolute Gasteiger partial charge is 0.321 e. The fourth-order valence-electron chi connectivity index (χ4n) is 2.27. The van der Waals surface area contributed by atoms with E-state index in [0.29, 0.717) is 6.42 Å². The molecule has 2 rings (SSSR count). The molecule has 0 spiro atoms. The number of likely N-dealkylation sites (tertiary alicyclic amines) is 1. The van der Waals surface area contributed by atoms with E-state index in [0.717, 1.165) is 42.7 Å². The number of aliphatic hydroxyl groups excluding tert-OH is 1. The van der Waals surface area contributed by atoms with Crippen molar-refractivity contribution in [3.63, 3.8) is 0 Å². The van der Waals surface area contributed by atoms with Crippen molar-refractivity contribution in [1.82, 2.24) is 4.90 Å². The van der Waals surface area contributed by atoms with Crippen molar-refractivity contribution in [3.05, 3.63) is 29.3 Å². The first-order valence-corrected chi connectivity index (χ1v) is 6.96. The van der Waals surface area contributed by atoms with E-state index in [9.17, 15) is 4.79 Å². The van der Waals surface area contributed by atoms with Crippen LogP contribution in [0.25, 0.3) is 0 Å². The van der Waals surface area contributed by atoms with Gasteiger partial charge in [-0.2, -0.15) is 0 Å². The molecule has 4 heteroatoms. The molecule has 4 nitrogen and oxygen atoms in total. The summed E-state index contributed by atoms with van der Waals surface area (Å²) in [6.07, 6.45) is 2.63. The van der Waals surface area contributed by atoms with Crippen molar-refractivity contribution in [2.45, 2.75) is 26.2 Å². The van der Waals surface area contributed by atoms with Gasteiger partial charge in [-0.05, 0) is 43.5 Å². The number of hydrogen-bond donors (Lipinski definition) is 2. The highest BCUT2D eigenvalue weighted by molar-refractivity contribution is 5.89. The third-order valence-corrected chi connectivity index (χ3v) is 3.19. The zero-order valence-electron chi connectivity index (χ0n) is 11.8. The van der Waals surface area contributed by atoms with Gasteiger partial charge >= 0.3 is 6.03 Å². The summed E-state index contributed by atoms with van der Waals surface area (Å²) in [6.45, 7) is 3.71. The molecule has 0 aliphatic carbocycles. The highest BCUT2D eigenvalue weighted by Gasteiger charge is 2.17. The summed E-state index contributed by atoms with van der Waals surface area (Å²) in [4.78, 5) is 13.9. The Labute approximate surface area is 119 Å². The quantitative estimate of drug-likeness (QED) is 0.812. The van der Waals surface area contributed by atoms with E-state index in [1.165, 1.54) is 0 Å². The number of carbonyl (C=O) groups excluding carboxylic acids is 1. The number of amides is 2. The van der Waals surface area contributed by atoms with Crippen molar-refractivity contribution in [3.8, 4) is 11.8 Å². The highest BCUT2D eigenvalue weighted by Crippen LogP contribution is 2.16. The summed E-state index contributed by atoms with van der Waals surface area (Å²) < 4.78 is 0. The summed E-state index contributed by atoms with van der Waals surface area (Å²) >= 11 is 0. The van der Waals surface area contributed by atoms with Crippen molar-refractivity contribution in [1.29, 1.82) is 0 Å². The van der Waals surface area contributed by atoms with Gasteiger partial charge in [0.25, 0.3) is 0 Å². The molecule has 1 aromatic carbocycles. The van der Waals surface area contributed by atoms with Crippen molar-refractivity contribution >= 4 is 11.7 Å². The van der Waals surface area contributed by atoms with Crippen LogP contribution in [0, 0.1) is 18.8 Å². The van der Waals surface area contributed by atoms with Gasteiger partial charge in [0.05, 0.1) is 6.61 Å². The summed E-state index contributed by atoms with van der Waals surface area (Å²) in [5.74, 6) is 5.89. The van der Waals surface area contributed by atoms with Crippen LogP contribution in [0.4, 0.5) is 10.5 Å². The van der Waals surface area contributed by atoms with Gasteiger partial charge in [-0.1, -0.05) is 11.8 Å². The van der Waals surface area contributed by atoms with Gasteiger partial charge in [-0.15, -0.1) is 0 Å². The Hall–Kier alpha value is -1.99. The normalized spacial score (nSPS) is 13.8. The topological polar surface area (TPSA) is 52.6 Å². The minimum Gasteiger partial charge on any atom is -0.395 e. The van der Waals surface area contributed by atoms with Gasteiger partial charge in [0.15, 0.2) is 0 Å². The molecular formula is C16H20N2O2. The lowest BCUT2D eigenvalue weighted by Crippen LogP contribution is -2.32.